The molecule has 0 saturated heterocycles. The van der Waals surface area contributed by atoms with Gasteiger partial charge in [-0.1, -0.05) is 90.0 Å². The van der Waals surface area contributed by atoms with Gasteiger partial charge in [0, 0.05) is 22.4 Å². The Kier molecular flexibility index (Phi) is 7.64. The molecule has 0 bridgehead atoms. The highest BCUT2D eigenvalue weighted by atomic mass is 16.3. The number of furan rings is 1. The summed E-state index contributed by atoms with van der Waals surface area (Å²) in [6, 6.07) is 35.8. The second-order valence-corrected chi connectivity index (χ2v) is 8.63. The Morgan fingerprint density at radius 1 is 0.629 bits per heavy atom. The molecule has 1 heterocycles. The summed E-state index contributed by atoms with van der Waals surface area (Å²) in [6.07, 6.45) is 5.54. The van der Waals surface area contributed by atoms with E-state index in [4.69, 9.17) is 4.42 Å². The van der Waals surface area contributed by atoms with Crippen molar-refractivity contribution in [3.63, 3.8) is 0 Å². The lowest BCUT2D eigenvalue weighted by molar-refractivity contribution is 0.604. The monoisotopic (exact) mass is 457 g/mol. The second kappa shape index (κ2) is 11.2. The average Bonchev–Trinajstić information content (AvgIpc) is 3.28. The van der Waals surface area contributed by atoms with Gasteiger partial charge in [-0.3, -0.25) is 0 Å². The topological polar surface area (TPSA) is 16.4 Å². The van der Waals surface area contributed by atoms with Gasteiger partial charge in [0.2, 0.25) is 0 Å². The van der Waals surface area contributed by atoms with E-state index in [0.29, 0.717) is 0 Å². The maximum Gasteiger partial charge on any atom is 0.134 e. The number of fused-ring (bicyclic) bond motifs is 1. The van der Waals surface area contributed by atoms with Crippen LogP contribution in [0.25, 0.3) is 17.0 Å². The van der Waals surface area contributed by atoms with Gasteiger partial charge >= 0.3 is 0 Å². The highest BCUT2D eigenvalue weighted by Gasteiger charge is 2.14. The highest BCUT2D eigenvalue weighted by molar-refractivity contribution is 5.87. The van der Waals surface area contributed by atoms with Crippen molar-refractivity contribution in [2.75, 3.05) is 4.90 Å². The minimum atomic E-state index is 0.823. The summed E-state index contributed by atoms with van der Waals surface area (Å²) in [7, 11) is 0. The van der Waals surface area contributed by atoms with Gasteiger partial charge in [0.1, 0.15) is 11.3 Å². The van der Waals surface area contributed by atoms with Crippen LogP contribution >= 0.6 is 0 Å². The molecule has 2 nitrogen and oxygen atoms in total. The van der Waals surface area contributed by atoms with Gasteiger partial charge in [0.15, 0.2) is 0 Å². The van der Waals surface area contributed by atoms with Crippen molar-refractivity contribution in [3.8, 4) is 0 Å². The number of benzene rings is 4. The molecular formula is C33H31NO. The third-order valence-corrected chi connectivity index (χ3v) is 5.70. The van der Waals surface area contributed by atoms with Crippen molar-refractivity contribution < 1.29 is 4.42 Å². The van der Waals surface area contributed by atoms with Crippen LogP contribution < -0.4 is 4.90 Å². The molecule has 35 heavy (non-hydrogen) atoms. The summed E-state index contributed by atoms with van der Waals surface area (Å²) in [6.45, 7) is 10.0. The van der Waals surface area contributed by atoms with Crippen molar-refractivity contribution in [1.29, 1.82) is 0 Å². The van der Waals surface area contributed by atoms with Gasteiger partial charge in [0.05, 0.1) is 0 Å². The van der Waals surface area contributed by atoms with E-state index < -0.39 is 0 Å². The van der Waals surface area contributed by atoms with Crippen LogP contribution in [-0.2, 0) is 0 Å². The third-order valence-electron chi connectivity index (χ3n) is 5.70. The number of anilines is 3. The summed E-state index contributed by atoms with van der Waals surface area (Å²) in [5.41, 5.74) is 8.05. The zero-order chi connectivity index (χ0) is 24.6. The van der Waals surface area contributed by atoms with Gasteiger partial charge in [0.25, 0.3) is 0 Å². The Morgan fingerprint density at radius 2 is 1.17 bits per heavy atom. The van der Waals surface area contributed by atoms with Crippen LogP contribution in [0.1, 0.15) is 22.5 Å². The largest absolute Gasteiger partial charge is 0.457 e. The molecule has 1 aromatic heterocycles. The lowest BCUT2D eigenvalue weighted by atomic mass is 10.1. The molecule has 0 saturated carbocycles. The molecule has 0 spiro atoms. The van der Waals surface area contributed by atoms with Crippen LogP contribution in [0.2, 0.25) is 0 Å². The van der Waals surface area contributed by atoms with E-state index in [-0.39, 0.29) is 0 Å². The van der Waals surface area contributed by atoms with E-state index >= 15 is 0 Å². The Bertz CT molecular complexity index is 1360. The van der Waals surface area contributed by atoms with E-state index in [1.807, 2.05) is 36.4 Å². The molecule has 0 amide bonds. The zero-order valence-corrected chi connectivity index (χ0v) is 20.6. The molecule has 0 atom stereocenters. The number of hydrogen-bond donors (Lipinski definition) is 0. The van der Waals surface area contributed by atoms with E-state index in [1.54, 1.807) is 6.08 Å². The normalized spacial score (nSPS) is 10.7. The van der Waals surface area contributed by atoms with Crippen LogP contribution in [0.3, 0.4) is 0 Å². The van der Waals surface area contributed by atoms with Crippen LogP contribution in [0.5, 0.6) is 0 Å². The van der Waals surface area contributed by atoms with Crippen molar-refractivity contribution in [2.45, 2.75) is 20.8 Å². The molecule has 2 heteroatoms. The van der Waals surface area contributed by atoms with E-state index in [0.717, 1.165) is 33.8 Å². The van der Waals surface area contributed by atoms with Gasteiger partial charge in [-0.05, 0) is 75.4 Å². The van der Waals surface area contributed by atoms with Crippen LogP contribution in [0.4, 0.5) is 17.1 Å². The minimum Gasteiger partial charge on any atom is -0.457 e. The lowest BCUT2D eigenvalue weighted by Gasteiger charge is -2.25. The first-order chi connectivity index (χ1) is 17.0. The Morgan fingerprint density at radius 3 is 1.69 bits per heavy atom. The van der Waals surface area contributed by atoms with Gasteiger partial charge in [-0.2, -0.15) is 0 Å². The average molecular weight is 458 g/mol. The van der Waals surface area contributed by atoms with Crippen molar-refractivity contribution in [1.82, 2.24) is 0 Å². The maximum atomic E-state index is 5.89. The fourth-order valence-electron chi connectivity index (χ4n) is 3.80. The van der Waals surface area contributed by atoms with E-state index in [1.165, 1.54) is 16.7 Å². The number of hydrogen-bond acceptors (Lipinski definition) is 2. The van der Waals surface area contributed by atoms with E-state index in [9.17, 15) is 0 Å². The molecule has 174 valence electrons. The first-order valence-corrected chi connectivity index (χ1v) is 11.8. The first kappa shape index (κ1) is 23.8. The summed E-state index contributed by atoms with van der Waals surface area (Å²) in [4.78, 5) is 2.27. The molecule has 0 aliphatic heterocycles. The Hall–Kier alpha value is -4.30. The molecular weight excluding hydrogens is 426 g/mol. The SMILES string of the molecule is C=CC=Cc1cc2cc(N(c3ccc(C)cc3)c3ccc(C)cc3)ccc2o1.Cc1ccccc1. The molecule has 4 aromatic carbocycles. The predicted molar refractivity (Wildman–Crippen MR) is 151 cm³/mol. The lowest BCUT2D eigenvalue weighted by Crippen LogP contribution is -2.09. The second-order valence-electron chi connectivity index (χ2n) is 8.63. The number of nitrogens with zero attached hydrogens (tertiary/aromatic N) is 1. The van der Waals surface area contributed by atoms with Crippen LogP contribution in [0, 0.1) is 20.8 Å². The molecule has 0 N–H and O–H groups in total. The van der Waals surface area contributed by atoms with Crippen molar-refractivity contribution in [2.24, 2.45) is 0 Å². The third kappa shape index (κ3) is 6.18. The number of aryl methyl sites for hydroxylation is 3. The van der Waals surface area contributed by atoms with Crippen LogP contribution in [0.15, 0.2) is 126 Å². The summed E-state index contributed by atoms with van der Waals surface area (Å²) >= 11 is 0. The standard InChI is InChI=1S/C26H23NO.C7H8/c1-4-5-6-25-18-21-17-24(15-16-26(21)28-25)27(22-11-7-19(2)8-12-22)23-13-9-20(3)10-14-23;1-7-5-3-2-4-6-7/h4-18H,1H2,2-3H3;2-6H,1H3. The van der Waals surface area contributed by atoms with Crippen molar-refractivity contribution >= 4 is 34.1 Å². The number of allylic oxidation sites excluding steroid dienone is 2. The highest BCUT2D eigenvalue weighted by Crippen LogP contribution is 2.36. The minimum absolute atomic E-state index is 0.823. The Balaban J connectivity index is 0.000000356. The predicted octanol–water partition coefficient (Wildman–Crippen LogP) is 9.71. The quantitative estimate of drug-likeness (QED) is 0.244. The van der Waals surface area contributed by atoms with Crippen molar-refractivity contribution in [3.05, 3.63) is 144 Å². The summed E-state index contributed by atoms with van der Waals surface area (Å²) < 4.78 is 5.89. The van der Waals surface area contributed by atoms with Gasteiger partial charge in [-0.15, -0.1) is 0 Å². The first-order valence-electron chi connectivity index (χ1n) is 11.8. The zero-order valence-electron chi connectivity index (χ0n) is 20.6. The summed E-state index contributed by atoms with van der Waals surface area (Å²) in [5, 5.41) is 1.07. The molecule has 0 aliphatic carbocycles. The van der Waals surface area contributed by atoms with Gasteiger partial charge in [-0.25, -0.2) is 0 Å². The maximum absolute atomic E-state index is 5.89. The smallest absolute Gasteiger partial charge is 0.134 e. The molecule has 0 fully saturated rings. The fraction of sp³-hybridized carbons (Fsp3) is 0.0909. The fourth-order valence-corrected chi connectivity index (χ4v) is 3.80. The molecule has 5 rings (SSSR count). The Labute approximate surface area is 208 Å². The summed E-state index contributed by atoms with van der Waals surface area (Å²) in [5.74, 6) is 0.823. The van der Waals surface area contributed by atoms with E-state index in [2.05, 4.69) is 111 Å². The molecule has 0 unspecified atom stereocenters. The number of rotatable bonds is 5. The molecule has 5 aromatic rings. The van der Waals surface area contributed by atoms with Crippen LogP contribution in [-0.4, -0.2) is 0 Å². The molecule has 0 aliphatic rings. The van der Waals surface area contributed by atoms with Gasteiger partial charge < -0.3 is 9.32 Å². The molecule has 0 radical (unpaired) electrons.